The minimum atomic E-state index is -4.77. The molecule has 0 aliphatic heterocycles. The minimum absolute atomic E-state index is 0.129. The molecule has 0 amide bonds. The van der Waals surface area contributed by atoms with Gasteiger partial charge in [0.15, 0.2) is 5.17 Å². The quantitative estimate of drug-likeness (QED) is 0.366. The van der Waals surface area contributed by atoms with E-state index in [9.17, 15) is 17.6 Å². The maximum Gasteiger partial charge on any atom is 0.419 e. The summed E-state index contributed by atoms with van der Waals surface area (Å²) in [5.74, 6) is -0.810. The molecule has 0 aliphatic rings. The van der Waals surface area contributed by atoms with Crippen LogP contribution in [0.1, 0.15) is 22.3 Å². The fourth-order valence-corrected chi connectivity index (χ4v) is 2.62. The number of hydrogen-bond donors (Lipinski definition) is 1. The van der Waals surface area contributed by atoms with Crippen molar-refractivity contribution in [2.45, 2.75) is 18.9 Å². The van der Waals surface area contributed by atoms with E-state index in [1.807, 2.05) is 30.3 Å². The molecule has 2 aromatic carbocycles. The van der Waals surface area contributed by atoms with Crippen LogP contribution in [0.3, 0.4) is 0 Å². The molecule has 0 spiro atoms. The van der Waals surface area contributed by atoms with Crippen LogP contribution in [0.15, 0.2) is 52.7 Å². The fraction of sp³-hybridized carbons (Fsp3) is 0.176. The number of halogens is 4. The highest BCUT2D eigenvalue weighted by molar-refractivity contribution is 8.13. The molecule has 0 bridgehead atoms. The van der Waals surface area contributed by atoms with E-state index >= 15 is 0 Å². The molecule has 2 aromatic rings. The van der Waals surface area contributed by atoms with Crippen LogP contribution in [0.25, 0.3) is 0 Å². The predicted molar refractivity (Wildman–Crippen MR) is 93.1 cm³/mol. The van der Waals surface area contributed by atoms with Crippen molar-refractivity contribution >= 4 is 23.1 Å². The van der Waals surface area contributed by atoms with Crippen molar-refractivity contribution in [1.29, 1.82) is 0 Å². The molecule has 8 heteroatoms. The standard InChI is InChI=1S/C17H15F4N3S/c1-11-7-13(15(18)14(8-11)17(19,20)21)9-23-24-16(22)25-10-12-5-3-2-4-6-12/h2-9H,10H2,1H3,(H2,22,24). The van der Waals surface area contributed by atoms with Crippen LogP contribution < -0.4 is 5.73 Å². The first-order valence-electron chi connectivity index (χ1n) is 7.18. The normalized spacial score (nSPS) is 12.8. The van der Waals surface area contributed by atoms with Crippen molar-refractivity contribution in [2.75, 3.05) is 0 Å². The molecule has 132 valence electrons. The molecule has 2 rings (SSSR count). The minimum Gasteiger partial charge on any atom is -0.377 e. The lowest BCUT2D eigenvalue weighted by atomic mass is 10.1. The Bertz CT molecular complexity index is 786. The molecule has 0 unspecified atom stereocenters. The molecule has 0 atom stereocenters. The summed E-state index contributed by atoms with van der Waals surface area (Å²) in [6.45, 7) is 1.44. The second kappa shape index (κ2) is 8.15. The summed E-state index contributed by atoms with van der Waals surface area (Å²) in [5.41, 5.74) is 5.36. The van der Waals surface area contributed by atoms with E-state index in [4.69, 9.17) is 5.73 Å². The number of thioether (sulfide) groups is 1. The van der Waals surface area contributed by atoms with Gasteiger partial charge in [-0.3, -0.25) is 0 Å². The highest BCUT2D eigenvalue weighted by Crippen LogP contribution is 2.33. The molecule has 0 saturated carbocycles. The van der Waals surface area contributed by atoms with Crippen molar-refractivity contribution in [2.24, 2.45) is 15.9 Å². The first kappa shape index (κ1) is 19.0. The molecular weight excluding hydrogens is 354 g/mol. The van der Waals surface area contributed by atoms with E-state index < -0.39 is 17.6 Å². The number of hydrogen-bond acceptors (Lipinski definition) is 3. The second-order valence-corrected chi connectivity index (χ2v) is 6.17. The van der Waals surface area contributed by atoms with Gasteiger partial charge in [0, 0.05) is 11.3 Å². The van der Waals surface area contributed by atoms with Crippen molar-refractivity contribution in [1.82, 2.24) is 0 Å². The average molecular weight is 369 g/mol. The highest BCUT2D eigenvalue weighted by atomic mass is 32.2. The molecular formula is C17H15F4N3S. The van der Waals surface area contributed by atoms with Crippen molar-refractivity contribution in [3.8, 4) is 0 Å². The Morgan fingerprint density at radius 1 is 1.20 bits per heavy atom. The summed E-state index contributed by atoms with van der Waals surface area (Å²) in [4.78, 5) is 0. The molecule has 0 fully saturated rings. The highest BCUT2D eigenvalue weighted by Gasteiger charge is 2.35. The van der Waals surface area contributed by atoms with Gasteiger partial charge in [0.25, 0.3) is 0 Å². The summed E-state index contributed by atoms with van der Waals surface area (Å²) in [6, 6.07) is 11.5. The number of rotatable bonds is 4. The Morgan fingerprint density at radius 2 is 1.88 bits per heavy atom. The Morgan fingerprint density at radius 3 is 2.52 bits per heavy atom. The summed E-state index contributed by atoms with van der Waals surface area (Å²) >= 11 is 1.22. The third kappa shape index (κ3) is 5.60. The van der Waals surface area contributed by atoms with Gasteiger partial charge in [0.1, 0.15) is 5.82 Å². The molecule has 0 saturated heterocycles. The number of aryl methyl sites for hydroxylation is 1. The summed E-state index contributed by atoms with van der Waals surface area (Å²) in [5, 5.41) is 7.39. The SMILES string of the molecule is Cc1cc(C=NN=C(N)SCc2ccccc2)c(F)c(C(F)(F)F)c1. The predicted octanol–water partition coefficient (Wildman–Crippen LogP) is 4.73. The van der Waals surface area contributed by atoms with Gasteiger partial charge in [0.05, 0.1) is 11.8 Å². The first-order chi connectivity index (χ1) is 11.8. The Labute approximate surface area is 146 Å². The van der Waals surface area contributed by atoms with Crippen LogP contribution in [-0.2, 0) is 11.9 Å². The van der Waals surface area contributed by atoms with Crippen LogP contribution in [0.4, 0.5) is 17.6 Å². The topological polar surface area (TPSA) is 50.7 Å². The Kier molecular flexibility index (Phi) is 6.19. The molecule has 0 aromatic heterocycles. The lowest BCUT2D eigenvalue weighted by Crippen LogP contribution is -2.10. The molecule has 0 aliphatic carbocycles. The Hall–Kier alpha value is -2.35. The molecule has 3 nitrogen and oxygen atoms in total. The lowest BCUT2D eigenvalue weighted by Gasteiger charge is -2.10. The van der Waals surface area contributed by atoms with Gasteiger partial charge >= 0.3 is 6.18 Å². The van der Waals surface area contributed by atoms with Gasteiger partial charge in [-0.1, -0.05) is 42.1 Å². The monoisotopic (exact) mass is 369 g/mol. The van der Waals surface area contributed by atoms with Crippen molar-refractivity contribution in [3.63, 3.8) is 0 Å². The maximum atomic E-state index is 13.9. The van der Waals surface area contributed by atoms with Crippen molar-refractivity contribution in [3.05, 3.63) is 70.5 Å². The molecule has 0 heterocycles. The van der Waals surface area contributed by atoms with E-state index in [2.05, 4.69) is 10.2 Å². The number of nitrogens with two attached hydrogens (primary N) is 1. The third-order valence-electron chi connectivity index (χ3n) is 3.13. The number of nitrogens with zero attached hydrogens (tertiary/aromatic N) is 2. The zero-order valence-electron chi connectivity index (χ0n) is 13.2. The van der Waals surface area contributed by atoms with E-state index in [-0.39, 0.29) is 16.3 Å². The smallest absolute Gasteiger partial charge is 0.377 e. The summed E-state index contributed by atoms with van der Waals surface area (Å²) in [7, 11) is 0. The van der Waals surface area contributed by atoms with Gasteiger partial charge in [-0.25, -0.2) is 4.39 Å². The molecule has 2 N–H and O–H groups in total. The number of alkyl halides is 3. The first-order valence-corrected chi connectivity index (χ1v) is 8.16. The maximum absolute atomic E-state index is 13.9. The third-order valence-corrected chi connectivity index (χ3v) is 3.99. The van der Waals surface area contributed by atoms with Crippen LogP contribution in [-0.4, -0.2) is 11.4 Å². The average Bonchev–Trinajstić information content (AvgIpc) is 2.55. The van der Waals surface area contributed by atoms with Gasteiger partial charge in [-0.15, -0.1) is 5.10 Å². The zero-order valence-corrected chi connectivity index (χ0v) is 14.0. The number of amidine groups is 1. The van der Waals surface area contributed by atoms with Gasteiger partial charge in [0.2, 0.25) is 0 Å². The van der Waals surface area contributed by atoms with Crippen LogP contribution in [0, 0.1) is 12.7 Å². The van der Waals surface area contributed by atoms with Crippen molar-refractivity contribution < 1.29 is 17.6 Å². The van der Waals surface area contributed by atoms with Crippen LogP contribution in [0.5, 0.6) is 0 Å². The summed E-state index contributed by atoms with van der Waals surface area (Å²) < 4.78 is 52.3. The largest absolute Gasteiger partial charge is 0.419 e. The lowest BCUT2D eigenvalue weighted by molar-refractivity contribution is -0.140. The van der Waals surface area contributed by atoms with Gasteiger partial charge < -0.3 is 5.73 Å². The Balaban J connectivity index is 2.09. The van der Waals surface area contributed by atoms with E-state index in [0.717, 1.165) is 17.8 Å². The van der Waals surface area contributed by atoms with E-state index in [1.165, 1.54) is 24.8 Å². The zero-order chi connectivity index (χ0) is 18.4. The van der Waals surface area contributed by atoms with E-state index in [1.54, 1.807) is 0 Å². The van der Waals surface area contributed by atoms with Gasteiger partial charge in [-0.2, -0.15) is 18.3 Å². The van der Waals surface area contributed by atoms with Crippen LogP contribution >= 0.6 is 11.8 Å². The number of benzene rings is 2. The molecule has 0 radical (unpaired) electrons. The fourth-order valence-electron chi connectivity index (χ4n) is 2.01. The molecule has 25 heavy (non-hydrogen) atoms. The summed E-state index contributed by atoms with van der Waals surface area (Å²) in [6.07, 6.45) is -3.85. The van der Waals surface area contributed by atoms with Crippen LogP contribution in [0.2, 0.25) is 0 Å². The second-order valence-electron chi connectivity index (χ2n) is 5.17. The van der Waals surface area contributed by atoms with Gasteiger partial charge in [-0.05, 0) is 30.2 Å². The van der Waals surface area contributed by atoms with E-state index in [0.29, 0.717) is 5.75 Å².